The molecule has 1 N–H and O–H groups in total. The summed E-state index contributed by atoms with van der Waals surface area (Å²) in [6.45, 7) is 4.76. The van der Waals surface area contributed by atoms with Crippen molar-refractivity contribution in [2.45, 2.75) is 32.7 Å². The van der Waals surface area contributed by atoms with E-state index in [4.69, 9.17) is 16.3 Å². The van der Waals surface area contributed by atoms with Gasteiger partial charge in [0.1, 0.15) is 5.75 Å². The summed E-state index contributed by atoms with van der Waals surface area (Å²) in [4.78, 5) is 12.1. The van der Waals surface area contributed by atoms with Gasteiger partial charge in [-0.15, -0.1) is 0 Å². The van der Waals surface area contributed by atoms with Crippen LogP contribution < -0.4 is 10.1 Å². The van der Waals surface area contributed by atoms with E-state index in [0.717, 1.165) is 5.56 Å². The van der Waals surface area contributed by atoms with Gasteiger partial charge in [0, 0.05) is 11.6 Å². The fourth-order valence-corrected chi connectivity index (χ4v) is 2.06. The zero-order valence-electron chi connectivity index (χ0n) is 10.8. The number of benzene rings is 1. The highest BCUT2D eigenvalue weighted by molar-refractivity contribution is 6.32. The van der Waals surface area contributed by atoms with Crippen LogP contribution in [0, 0.1) is 6.92 Å². The number of carbonyl (C=O) groups is 1. The van der Waals surface area contributed by atoms with Crippen molar-refractivity contribution in [3.05, 3.63) is 28.3 Å². The minimum atomic E-state index is 0.0874. The number of aryl methyl sites for hydroxylation is 1. The molecule has 1 aromatic rings. The van der Waals surface area contributed by atoms with E-state index in [1.807, 2.05) is 19.9 Å². The van der Waals surface area contributed by atoms with Crippen LogP contribution in [-0.4, -0.2) is 25.0 Å². The summed E-state index contributed by atoms with van der Waals surface area (Å²) >= 11 is 6.10. The molecule has 0 aliphatic heterocycles. The highest BCUT2D eigenvalue weighted by Gasteiger charge is 2.22. The summed E-state index contributed by atoms with van der Waals surface area (Å²) in [5.74, 6) is 0.729. The standard InChI is InChI=1S/C14H18ClNO2/c1-3-18-14-6-9(2)11(7-12(14)15)13(17)8-16-10-4-5-10/h6-7,10,16H,3-5,8H2,1-2H3. The molecule has 1 aliphatic carbocycles. The number of ether oxygens (including phenoxy) is 1. The lowest BCUT2D eigenvalue weighted by atomic mass is 10.0. The molecule has 1 saturated carbocycles. The minimum Gasteiger partial charge on any atom is -0.492 e. The van der Waals surface area contributed by atoms with Gasteiger partial charge in [0.25, 0.3) is 0 Å². The fraction of sp³-hybridized carbons (Fsp3) is 0.500. The van der Waals surface area contributed by atoms with Crippen molar-refractivity contribution in [1.82, 2.24) is 5.32 Å². The van der Waals surface area contributed by atoms with Crippen molar-refractivity contribution in [1.29, 1.82) is 0 Å². The van der Waals surface area contributed by atoms with Crippen molar-refractivity contribution < 1.29 is 9.53 Å². The second-order valence-electron chi connectivity index (χ2n) is 4.61. The lowest BCUT2D eigenvalue weighted by Crippen LogP contribution is -2.25. The van der Waals surface area contributed by atoms with Gasteiger partial charge < -0.3 is 10.1 Å². The molecule has 3 nitrogen and oxygen atoms in total. The van der Waals surface area contributed by atoms with Crippen LogP contribution in [0.25, 0.3) is 0 Å². The molecule has 1 aromatic carbocycles. The maximum Gasteiger partial charge on any atom is 0.176 e. The quantitative estimate of drug-likeness (QED) is 0.806. The minimum absolute atomic E-state index is 0.0874. The summed E-state index contributed by atoms with van der Waals surface area (Å²) < 4.78 is 5.40. The van der Waals surface area contributed by atoms with Crippen LogP contribution in [0.15, 0.2) is 12.1 Å². The number of hydrogen-bond donors (Lipinski definition) is 1. The van der Waals surface area contributed by atoms with E-state index in [1.165, 1.54) is 12.8 Å². The van der Waals surface area contributed by atoms with E-state index in [-0.39, 0.29) is 5.78 Å². The Morgan fingerprint density at radius 1 is 1.50 bits per heavy atom. The van der Waals surface area contributed by atoms with Crippen molar-refractivity contribution in [3.8, 4) is 5.75 Å². The Hall–Kier alpha value is -1.06. The number of Topliss-reactive ketones (excluding diaryl/α,β-unsaturated/α-hetero) is 1. The van der Waals surface area contributed by atoms with Crippen LogP contribution in [-0.2, 0) is 0 Å². The third kappa shape index (κ3) is 3.24. The van der Waals surface area contributed by atoms with E-state index in [0.29, 0.717) is 35.5 Å². The van der Waals surface area contributed by atoms with Gasteiger partial charge >= 0.3 is 0 Å². The molecule has 0 heterocycles. The second kappa shape index (κ2) is 5.72. The topological polar surface area (TPSA) is 38.3 Å². The molecule has 0 amide bonds. The molecule has 18 heavy (non-hydrogen) atoms. The zero-order chi connectivity index (χ0) is 13.1. The first kappa shape index (κ1) is 13.4. The first-order chi connectivity index (χ1) is 8.61. The number of hydrogen-bond acceptors (Lipinski definition) is 3. The molecule has 0 radical (unpaired) electrons. The van der Waals surface area contributed by atoms with E-state index < -0.39 is 0 Å². The number of nitrogens with one attached hydrogen (secondary N) is 1. The largest absolute Gasteiger partial charge is 0.492 e. The van der Waals surface area contributed by atoms with Gasteiger partial charge in [-0.3, -0.25) is 4.79 Å². The van der Waals surface area contributed by atoms with Crippen LogP contribution in [0.2, 0.25) is 5.02 Å². The van der Waals surface area contributed by atoms with Crippen LogP contribution in [0.3, 0.4) is 0 Å². The molecule has 0 aromatic heterocycles. The van der Waals surface area contributed by atoms with E-state index in [1.54, 1.807) is 6.07 Å². The molecule has 0 unspecified atom stereocenters. The van der Waals surface area contributed by atoms with Gasteiger partial charge in [-0.25, -0.2) is 0 Å². The first-order valence-electron chi connectivity index (χ1n) is 6.31. The zero-order valence-corrected chi connectivity index (χ0v) is 11.5. The lowest BCUT2D eigenvalue weighted by molar-refractivity contribution is 0.0990. The maximum absolute atomic E-state index is 12.1. The second-order valence-corrected chi connectivity index (χ2v) is 5.02. The average molecular weight is 268 g/mol. The smallest absolute Gasteiger partial charge is 0.176 e. The number of carbonyl (C=O) groups excluding carboxylic acids is 1. The molecule has 1 aliphatic rings. The Morgan fingerprint density at radius 3 is 2.83 bits per heavy atom. The molecule has 0 saturated heterocycles. The Bertz CT molecular complexity index is 455. The van der Waals surface area contributed by atoms with Crippen molar-refractivity contribution in [3.63, 3.8) is 0 Å². The third-order valence-electron chi connectivity index (χ3n) is 3.01. The summed E-state index contributed by atoms with van der Waals surface area (Å²) in [5, 5.41) is 3.71. The Balaban J connectivity index is 2.11. The molecule has 0 bridgehead atoms. The highest BCUT2D eigenvalue weighted by atomic mass is 35.5. The Labute approximate surface area is 112 Å². The van der Waals surface area contributed by atoms with E-state index in [9.17, 15) is 4.79 Å². The van der Waals surface area contributed by atoms with Crippen LogP contribution in [0.1, 0.15) is 35.7 Å². The number of halogens is 1. The van der Waals surface area contributed by atoms with Crippen molar-refractivity contribution >= 4 is 17.4 Å². The SMILES string of the molecule is CCOc1cc(C)c(C(=O)CNC2CC2)cc1Cl. The van der Waals surface area contributed by atoms with Crippen molar-refractivity contribution in [2.75, 3.05) is 13.2 Å². The molecular weight excluding hydrogens is 250 g/mol. The van der Waals surface area contributed by atoms with E-state index in [2.05, 4.69) is 5.32 Å². The predicted octanol–water partition coefficient (Wildman–Crippen LogP) is 2.98. The van der Waals surface area contributed by atoms with Crippen LogP contribution in [0.5, 0.6) is 5.75 Å². The maximum atomic E-state index is 12.1. The monoisotopic (exact) mass is 267 g/mol. The van der Waals surface area contributed by atoms with Gasteiger partial charge in [-0.05, 0) is 44.4 Å². The van der Waals surface area contributed by atoms with Gasteiger partial charge in [0.2, 0.25) is 0 Å². The fourth-order valence-electron chi connectivity index (χ4n) is 1.84. The van der Waals surface area contributed by atoms with Gasteiger partial charge in [-0.2, -0.15) is 0 Å². The predicted molar refractivity (Wildman–Crippen MR) is 72.7 cm³/mol. The summed E-state index contributed by atoms with van der Waals surface area (Å²) in [7, 11) is 0. The first-order valence-corrected chi connectivity index (χ1v) is 6.69. The molecule has 1 fully saturated rings. The van der Waals surface area contributed by atoms with Gasteiger partial charge in [0.05, 0.1) is 18.2 Å². The Morgan fingerprint density at radius 2 is 2.22 bits per heavy atom. The van der Waals surface area contributed by atoms with Crippen LogP contribution in [0.4, 0.5) is 0 Å². The molecule has 2 rings (SSSR count). The molecule has 4 heteroatoms. The lowest BCUT2D eigenvalue weighted by Gasteiger charge is -2.11. The molecular formula is C14H18ClNO2. The number of rotatable bonds is 6. The number of ketones is 1. The molecule has 0 atom stereocenters. The third-order valence-corrected chi connectivity index (χ3v) is 3.30. The van der Waals surface area contributed by atoms with E-state index >= 15 is 0 Å². The van der Waals surface area contributed by atoms with Crippen molar-refractivity contribution in [2.24, 2.45) is 0 Å². The summed E-state index contributed by atoms with van der Waals surface area (Å²) in [6.07, 6.45) is 2.35. The molecule has 98 valence electrons. The Kier molecular flexibility index (Phi) is 4.25. The highest BCUT2D eigenvalue weighted by Crippen LogP contribution is 2.28. The summed E-state index contributed by atoms with van der Waals surface area (Å²) in [5.41, 5.74) is 1.59. The summed E-state index contributed by atoms with van der Waals surface area (Å²) in [6, 6.07) is 4.07. The molecule has 0 spiro atoms. The normalized spacial score (nSPS) is 14.6. The van der Waals surface area contributed by atoms with Gasteiger partial charge in [0.15, 0.2) is 5.78 Å². The van der Waals surface area contributed by atoms with Gasteiger partial charge in [-0.1, -0.05) is 11.6 Å². The van der Waals surface area contributed by atoms with Crippen LogP contribution >= 0.6 is 11.6 Å². The average Bonchev–Trinajstić information content (AvgIpc) is 3.14.